The standard InChI is InChI=1S/C19H25NO/c1-13(2)21-18-10-11-19(15(4)12-18)20-16(5)17-8-6-14(3)7-9-17/h6-13,16,20H,1-5H3. The Bertz CT molecular complexity index is 587. The summed E-state index contributed by atoms with van der Waals surface area (Å²) in [6.07, 6.45) is 0.203. The Balaban J connectivity index is 2.10. The summed E-state index contributed by atoms with van der Waals surface area (Å²) in [6.45, 7) is 10.5. The molecule has 0 fully saturated rings. The number of nitrogens with one attached hydrogen (secondary N) is 1. The average molecular weight is 283 g/mol. The molecule has 0 aliphatic heterocycles. The van der Waals surface area contributed by atoms with Crippen LogP contribution in [0.5, 0.6) is 5.75 Å². The maximum absolute atomic E-state index is 5.73. The molecule has 0 heterocycles. The monoisotopic (exact) mass is 283 g/mol. The molecule has 0 aliphatic carbocycles. The molecular weight excluding hydrogens is 258 g/mol. The lowest BCUT2D eigenvalue weighted by Crippen LogP contribution is -2.09. The lowest BCUT2D eigenvalue weighted by molar-refractivity contribution is 0.242. The van der Waals surface area contributed by atoms with E-state index < -0.39 is 0 Å². The quantitative estimate of drug-likeness (QED) is 0.807. The third-order valence-electron chi connectivity index (χ3n) is 3.52. The molecule has 1 unspecified atom stereocenters. The number of rotatable bonds is 5. The van der Waals surface area contributed by atoms with Crippen LogP contribution in [0.3, 0.4) is 0 Å². The number of hydrogen-bond acceptors (Lipinski definition) is 2. The van der Waals surface area contributed by atoms with Gasteiger partial charge in [0.15, 0.2) is 0 Å². The molecule has 1 atom stereocenters. The topological polar surface area (TPSA) is 21.3 Å². The van der Waals surface area contributed by atoms with Crippen LogP contribution in [0.15, 0.2) is 42.5 Å². The average Bonchev–Trinajstić information content (AvgIpc) is 2.42. The molecule has 112 valence electrons. The fourth-order valence-electron chi connectivity index (χ4n) is 2.32. The van der Waals surface area contributed by atoms with Crippen LogP contribution < -0.4 is 10.1 Å². The summed E-state index contributed by atoms with van der Waals surface area (Å²) in [7, 11) is 0. The lowest BCUT2D eigenvalue weighted by Gasteiger charge is -2.19. The van der Waals surface area contributed by atoms with Crippen molar-refractivity contribution in [3.8, 4) is 5.75 Å². The number of benzene rings is 2. The van der Waals surface area contributed by atoms with Gasteiger partial charge >= 0.3 is 0 Å². The maximum Gasteiger partial charge on any atom is 0.120 e. The molecule has 0 amide bonds. The Hall–Kier alpha value is -1.96. The van der Waals surface area contributed by atoms with Gasteiger partial charge in [0.2, 0.25) is 0 Å². The number of aryl methyl sites for hydroxylation is 2. The molecule has 2 aromatic rings. The summed E-state index contributed by atoms with van der Waals surface area (Å²) in [4.78, 5) is 0. The highest BCUT2D eigenvalue weighted by molar-refractivity contribution is 5.54. The molecular formula is C19H25NO. The third kappa shape index (κ3) is 4.25. The van der Waals surface area contributed by atoms with Crippen molar-refractivity contribution in [3.63, 3.8) is 0 Å². The van der Waals surface area contributed by atoms with Crippen LogP contribution in [-0.4, -0.2) is 6.10 Å². The van der Waals surface area contributed by atoms with Crippen LogP contribution in [0.1, 0.15) is 43.5 Å². The van der Waals surface area contributed by atoms with Gasteiger partial charge < -0.3 is 10.1 Å². The van der Waals surface area contributed by atoms with E-state index in [1.165, 1.54) is 16.7 Å². The summed E-state index contributed by atoms with van der Waals surface area (Å²) >= 11 is 0. The fraction of sp³-hybridized carbons (Fsp3) is 0.368. The van der Waals surface area contributed by atoms with Gasteiger partial charge in [-0.2, -0.15) is 0 Å². The molecule has 2 heteroatoms. The summed E-state index contributed by atoms with van der Waals surface area (Å²) in [6, 6.07) is 15.2. The molecule has 21 heavy (non-hydrogen) atoms. The van der Waals surface area contributed by atoms with Crippen LogP contribution >= 0.6 is 0 Å². The van der Waals surface area contributed by atoms with Gasteiger partial charge in [-0.1, -0.05) is 29.8 Å². The van der Waals surface area contributed by atoms with Crippen molar-refractivity contribution in [2.75, 3.05) is 5.32 Å². The van der Waals surface area contributed by atoms with E-state index in [0.29, 0.717) is 0 Å². The molecule has 1 N–H and O–H groups in total. The second-order valence-electron chi connectivity index (χ2n) is 5.92. The molecule has 0 aromatic heterocycles. The third-order valence-corrected chi connectivity index (χ3v) is 3.52. The normalized spacial score (nSPS) is 12.3. The van der Waals surface area contributed by atoms with Crippen LogP contribution in [0, 0.1) is 13.8 Å². The first-order valence-electron chi connectivity index (χ1n) is 7.56. The molecule has 0 spiro atoms. The van der Waals surface area contributed by atoms with Crippen LogP contribution in [-0.2, 0) is 0 Å². The van der Waals surface area contributed by atoms with E-state index >= 15 is 0 Å². The second kappa shape index (κ2) is 6.66. The SMILES string of the molecule is Cc1ccc(C(C)Nc2ccc(OC(C)C)cc2C)cc1. The fourth-order valence-corrected chi connectivity index (χ4v) is 2.32. The Kier molecular flexibility index (Phi) is 4.89. The van der Waals surface area contributed by atoms with Crippen LogP contribution in [0.2, 0.25) is 0 Å². The van der Waals surface area contributed by atoms with Gasteiger partial charge in [-0.05, 0) is 63.9 Å². The number of anilines is 1. The summed E-state index contributed by atoms with van der Waals surface area (Å²) in [5.41, 5.74) is 4.94. The van der Waals surface area contributed by atoms with Gasteiger partial charge in [0.1, 0.15) is 5.75 Å². The van der Waals surface area contributed by atoms with Crippen molar-refractivity contribution >= 4 is 5.69 Å². The highest BCUT2D eigenvalue weighted by Crippen LogP contribution is 2.26. The van der Waals surface area contributed by atoms with Gasteiger partial charge in [-0.3, -0.25) is 0 Å². The van der Waals surface area contributed by atoms with E-state index in [1.807, 2.05) is 19.9 Å². The zero-order valence-corrected chi connectivity index (χ0v) is 13.6. The van der Waals surface area contributed by atoms with Crippen LogP contribution in [0.25, 0.3) is 0 Å². The van der Waals surface area contributed by atoms with Gasteiger partial charge in [0.05, 0.1) is 6.10 Å². The molecule has 2 nitrogen and oxygen atoms in total. The number of hydrogen-bond donors (Lipinski definition) is 1. The van der Waals surface area contributed by atoms with Crippen molar-refractivity contribution in [2.45, 2.75) is 46.8 Å². The van der Waals surface area contributed by atoms with E-state index in [4.69, 9.17) is 4.74 Å². The second-order valence-corrected chi connectivity index (χ2v) is 5.92. The largest absolute Gasteiger partial charge is 0.491 e. The predicted molar refractivity (Wildman–Crippen MR) is 90.2 cm³/mol. The highest BCUT2D eigenvalue weighted by Gasteiger charge is 2.08. The smallest absolute Gasteiger partial charge is 0.120 e. The van der Waals surface area contributed by atoms with Gasteiger partial charge in [-0.25, -0.2) is 0 Å². The van der Waals surface area contributed by atoms with Gasteiger partial charge in [0.25, 0.3) is 0 Å². The first-order chi connectivity index (χ1) is 9.95. The van der Waals surface area contributed by atoms with Crippen molar-refractivity contribution in [2.24, 2.45) is 0 Å². The molecule has 2 rings (SSSR count). The van der Waals surface area contributed by atoms with Crippen molar-refractivity contribution < 1.29 is 4.74 Å². The molecule has 0 aliphatic rings. The van der Waals surface area contributed by atoms with Crippen molar-refractivity contribution in [1.82, 2.24) is 0 Å². The molecule has 0 bridgehead atoms. The highest BCUT2D eigenvalue weighted by atomic mass is 16.5. The van der Waals surface area contributed by atoms with E-state index in [-0.39, 0.29) is 12.1 Å². The van der Waals surface area contributed by atoms with E-state index in [9.17, 15) is 0 Å². The van der Waals surface area contributed by atoms with Crippen LogP contribution in [0.4, 0.5) is 5.69 Å². The zero-order chi connectivity index (χ0) is 15.4. The Morgan fingerprint density at radius 1 is 0.905 bits per heavy atom. The zero-order valence-electron chi connectivity index (χ0n) is 13.6. The van der Waals surface area contributed by atoms with E-state index in [1.54, 1.807) is 0 Å². The molecule has 2 aromatic carbocycles. The minimum Gasteiger partial charge on any atom is -0.491 e. The van der Waals surface area contributed by atoms with E-state index in [0.717, 1.165) is 11.4 Å². The molecule has 0 radical (unpaired) electrons. The molecule has 0 saturated carbocycles. The number of ether oxygens (including phenoxy) is 1. The van der Waals surface area contributed by atoms with E-state index in [2.05, 4.69) is 62.5 Å². The summed E-state index contributed by atoms with van der Waals surface area (Å²) in [5, 5.41) is 3.57. The minimum atomic E-state index is 0.203. The summed E-state index contributed by atoms with van der Waals surface area (Å²) < 4.78 is 5.73. The van der Waals surface area contributed by atoms with Crippen molar-refractivity contribution in [1.29, 1.82) is 0 Å². The Labute approximate surface area is 128 Å². The predicted octanol–water partition coefficient (Wildman–Crippen LogP) is 5.26. The lowest BCUT2D eigenvalue weighted by atomic mass is 10.1. The Morgan fingerprint density at radius 2 is 1.57 bits per heavy atom. The molecule has 0 saturated heterocycles. The van der Waals surface area contributed by atoms with Gasteiger partial charge in [0, 0.05) is 11.7 Å². The Morgan fingerprint density at radius 3 is 2.14 bits per heavy atom. The van der Waals surface area contributed by atoms with Gasteiger partial charge in [-0.15, -0.1) is 0 Å². The summed E-state index contributed by atoms with van der Waals surface area (Å²) in [5.74, 6) is 0.927. The minimum absolute atomic E-state index is 0.203. The van der Waals surface area contributed by atoms with Crippen molar-refractivity contribution in [3.05, 3.63) is 59.2 Å². The first-order valence-corrected chi connectivity index (χ1v) is 7.56. The first kappa shape index (κ1) is 15.4. The maximum atomic E-state index is 5.73.